The summed E-state index contributed by atoms with van der Waals surface area (Å²) in [4.78, 5) is 18.0. The number of amides is 1. The minimum Gasteiger partial charge on any atom is -0.503 e. The number of imidazole rings is 1. The summed E-state index contributed by atoms with van der Waals surface area (Å²) in [7, 11) is 0. The molecule has 2 aromatic rings. The number of nitrogens with zero attached hydrogens (tertiary/aromatic N) is 4. The van der Waals surface area contributed by atoms with Crippen molar-refractivity contribution in [1.82, 2.24) is 24.6 Å². The van der Waals surface area contributed by atoms with Crippen molar-refractivity contribution in [2.75, 3.05) is 6.54 Å². The zero-order valence-corrected chi connectivity index (χ0v) is 12.4. The number of hydrogen-bond donors (Lipinski definition) is 2. The number of hydrogen-bond acceptors (Lipinski definition) is 4. The summed E-state index contributed by atoms with van der Waals surface area (Å²) < 4.78 is 1.97. The second-order valence-corrected chi connectivity index (χ2v) is 5.28. The van der Waals surface area contributed by atoms with Gasteiger partial charge in [-0.2, -0.15) is 5.10 Å². The number of aromatic nitrogens is 4. The lowest BCUT2D eigenvalue weighted by Gasteiger charge is -2.25. The van der Waals surface area contributed by atoms with Gasteiger partial charge in [-0.05, 0) is 18.9 Å². The number of nitrogens with one attached hydrogen (secondary N) is 1. The van der Waals surface area contributed by atoms with Crippen LogP contribution in [0.1, 0.15) is 31.5 Å². The van der Waals surface area contributed by atoms with Crippen molar-refractivity contribution >= 4 is 5.91 Å². The molecule has 0 aliphatic carbocycles. The molecule has 3 rings (SSSR count). The van der Waals surface area contributed by atoms with Crippen molar-refractivity contribution in [2.24, 2.45) is 0 Å². The fourth-order valence-electron chi connectivity index (χ4n) is 2.90. The number of carbonyl (C=O) groups excluding carboxylic acids is 1. The van der Waals surface area contributed by atoms with Crippen molar-refractivity contribution in [3.63, 3.8) is 0 Å². The predicted octanol–water partition coefficient (Wildman–Crippen LogP) is 1.80. The summed E-state index contributed by atoms with van der Waals surface area (Å²) in [6.45, 7) is 3.27. The molecule has 1 atom stereocenters. The van der Waals surface area contributed by atoms with E-state index < -0.39 is 0 Å². The number of carbonyl (C=O) groups is 1. The lowest BCUT2D eigenvalue weighted by Crippen LogP contribution is -2.32. The van der Waals surface area contributed by atoms with E-state index in [0.717, 1.165) is 24.2 Å². The average molecular weight is 301 g/mol. The van der Waals surface area contributed by atoms with Crippen LogP contribution >= 0.6 is 0 Å². The molecule has 0 fully saturated rings. The van der Waals surface area contributed by atoms with E-state index >= 15 is 0 Å². The molecule has 116 valence electrons. The van der Waals surface area contributed by atoms with E-state index in [4.69, 9.17) is 0 Å². The molecule has 7 nitrogen and oxygen atoms in total. The smallest absolute Gasteiger partial charge is 0.289 e. The van der Waals surface area contributed by atoms with Gasteiger partial charge in [0.15, 0.2) is 5.76 Å². The Morgan fingerprint density at radius 1 is 1.41 bits per heavy atom. The van der Waals surface area contributed by atoms with Gasteiger partial charge < -0.3 is 14.6 Å². The molecule has 1 amide bonds. The van der Waals surface area contributed by atoms with Crippen LogP contribution in [0.25, 0.3) is 0 Å². The molecule has 0 saturated heterocycles. The van der Waals surface area contributed by atoms with Crippen molar-refractivity contribution in [3.05, 3.63) is 48.0 Å². The molecule has 2 N–H and O–H groups in total. The van der Waals surface area contributed by atoms with Crippen LogP contribution in [0.3, 0.4) is 0 Å². The van der Waals surface area contributed by atoms with Crippen LogP contribution in [0, 0.1) is 0 Å². The molecule has 0 bridgehead atoms. The second-order valence-electron chi connectivity index (χ2n) is 5.28. The Bertz CT molecular complexity index is 660. The maximum atomic E-state index is 12.3. The highest BCUT2D eigenvalue weighted by Gasteiger charge is 2.39. The first-order chi connectivity index (χ1) is 10.7. The number of rotatable bonds is 6. The van der Waals surface area contributed by atoms with Gasteiger partial charge in [0.2, 0.25) is 0 Å². The number of aliphatic hydroxyl groups excluding tert-OH is 1. The minimum absolute atomic E-state index is 0.127. The van der Waals surface area contributed by atoms with E-state index in [1.165, 1.54) is 0 Å². The molecule has 1 aliphatic heterocycles. The first-order valence-corrected chi connectivity index (χ1v) is 7.40. The van der Waals surface area contributed by atoms with E-state index in [0.29, 0.717) is 13.0 Å². The molecule has 0 aromatic carbocycles. The molecule has 3 heterocycles. The largest absolute Gasteiger partial charge is 0.503 e. The van der Waals surface area contributed by atoms with Gasteiger partial charge in [0.25, 0.3) is 5.91 Å². The van der Waals surface area contributed by atoms with Crippen LogP contribution in [-0.2, 0) is 11.3 Å². The normalized spacial score (nSPS) is 18.5. The molecule has 0 spiro atoms. The maximum absolute atomic E-state index is 12.3. The molecule has 1 unspecified atom stereocenters. The van der Waals surface area contributed by atoms with E-state index in [2.05, 4.69) is 15.2 Å². The van der Waals surface area contributed by atoms with Gasteiger partial charge in [-0.15, -0.1) is 0 Å². The van der Waals surface area contributed by atoms with Gasteiger partial charge in [-0.25, -0.2) is 4.98 Å². The first-order valence-electron chi connectivity index (χ1n) is 7.40. The quantitative estimate of drug-likeness (QED) is 0.851. The van der Waals surface area contributed by atoms with Gasteiger partial charge in [0.1, 0.15) is 6.04 Å². The predicted molar refractivity (Wildman–Crippen MR) is 79.8 cm³/mol. The van der Waals surface area contributed by atoms with E-state index in [1.54, 1.807) is 23.6 Å². The molecule has 7 heteroatoms. The highest BCUT2D eigenvalue weighted by Crippen LogP contribution is 2.37. The number of H-pyrrole nitrogens is 1. The van der Waals surface area contributed by atoms with Crippen molar-refractivity contribution in [2.45, 2.75) is 32.4 Å². The molecular weight excluding hydrogens is 282 g/mol. The van der Waals surface area contributed by atoms with E-state index in [-0.39, 0.29) is 17.7 Å². The van der Waals surface area contributed by atoms with E-state index in [1.807, 2.05) is 23.8 Å². The number of aromatic amines is 1. The van der Waals surface area contributed by atoms with Gasteiger partial charge in [-0.1, -0.05) is 6.92 Å². The summed E-state index contributed by atoms with van der Waals surface area (Å²) in [5.41, 5.74) is 1.50. The number of aryl methyl sites for hydroxylation is 1. The van der Waals surface area contributed by atoms with Gasteiger partial charge in [-0.3, -0.25) is 9.89 Å². The lowest BCUT2D eigenvalue weighted by molar-refractivity contribution is -0.129. The van der Waals surface area contributed by atoms with Gasteiger partial charge in [0.05, 0.1) is 12.0 Å². The molecule has 22 heavy (non-hydrogen) atoms. The van der Waals surface area contributed by atoms with Gasteiger partial charge in [0, 0.05) is 37.3 Å². The Kier molecular flexibility index (Phi) is 3.95. The summed E-state index contributed by atoms with van der Waals surface area (Å²) >= 11 is 0. The standard InChI is InChI=1S/C15H19N5O2/c1-2-11-13(12-4-5-17-18-12)20(15(22)14(11)21)8-3-7-19-9-6-16-10-19/h4-6,9-10,13,21H,2-3,7-8H2,1H3,(H,17,18). The molecule has 0 radical (unpaired) electrons. The van der Waals surface area contributed by atoms with Crippen LogP contribution in [0.4, 0.5) is 0 Å². The monoisotopic (exact) mass is 301 g/mol. The Morgan fingerprint density at radius 3 is 2.91 bits per heavy atom. The van der Waals surface area contributed by atoms with Crippen LogP contribution in [0.15, 0.2) is 42.3 Å². The third-order valence-corrected chi connectivity index (χ3v) is 3.97. The fraction of sp³-hybridized carbons (Fsp3) is 0.400. The Labute approximate surface area is 128 Å². The highest BCUT2D eigenvalue weighted by molar-refractivity contribution is 5.95. The zero-order valence-electron chi connectivity index (χ0n) is 12.4. The highest BCUT2D eigenvalue weighted by atomic mass is 16.3. The summed E-state index contributed by atoms with van der Waals surface area (Å²) in [5, 5.41) is 17.1. The third kappa shape index (κ3) is 2.49. The third-order valence-electron chi connectivity index (χ3n) is 3.97. The van der Waals surface area contributed by atoms with Gasteiger partial charge >= 0.3 is 0 Å². The molecular formula is C15H19N5O2. The van der Waals surface area contributed by atoms with Crippen molar-refractivity contribution in [3.8, 4) is 0 Å². The second kappa shape index (κ2) is 6.05. The summed E-state index contributed by atoms with van der Waals surface area (Å²) in [5.74, 6) is -0.436. The SMILES string of the molecule is CCC1=C(O)C(=O)N(CCCn2ccnc2)C1c1cc[nH]n1. The zero-order chi connectivity index (χ0) is 15.5. The molecule has 1 aliphatic rings. The molecule has 0 saturated carbocycles. The first kappa shape index (κ1) is 14.4. The van der Waals surface area contributed by atoms with Crippen molar-refractivity contribution < 1.29 is 9.90 Å². The van der Waals surface area contributed by atoms with E-state index in [9.17, 15) is 9.90 Å². The Hall–Kier alpha value is -2.57. The minimum atomic E-state index is -0.310. The van der Waals surface area contributed by atoms with Crippen LogP contribution < -0.4 is 0 Å². The Balaban J connectivity index is 1.75. The maximum Gasteiger partial charge on any atom is 0.289 e. The lowest BCUT2D eigenvalue weighted by atomic mass is 10.0. The fourth-order valence-corrected chi connectivity index (χ4v) is 2.90. The average Bonchev–Trinajstić information content (AvgIpc) is 3.24. The van der Waals surface area contributed by atoms with Crippen LogP contribution in [0.2, 0.25) is 0 Å². The van der Waals surface area contributed by atoms with Crippen molar-refractivity contribution in [1.29, 1.82) is 0 Å². The number of aliphatic hydroxyl groups is 1. The van der Waals surface area contributed by atoms with Crippen LogP contribution in [-0.4, -0.2) is 42.2 Å². The molecule has 2 aromatic heterocycles. The Morgan fingerprint density at radius 2 is 2.27 bits per heavy atom. The van der Waals surface area contributed by atoms with Crippen LogP contribution in [0.5, 0.6) is 0 Å². The summed E-state index contributed by atoms with van der Waals surface area (Å²) in [6.07, 6.45) is 8.51. The topological polar surface area (TPSA) is 87.0 Å². The summed E-state index contributed by atoms with van der Waals surface area (Å²) in [6, 6.07) is 1.57.